The first kappa shape index (κ1) is 17.3. The average Bonchev–Trinajstić information content (AvgIpc) is 2.96. The third-order valence-electron chi connectivity index (χ3n) is 3.83. The van der Waals surface area contributed by atoms with Crippen molar-refractivity contribution in [1.29, 1.82) is 0 Å². The summed E-state index contributed by atoms with van der Waals surface area (Å²) >= 11 is 0. The van der Waals surface area contributed by atoms with Crippen LogP contribution in [0.5, 0.6) is 0 Å². The highest BCUT2D eigenvalue weighted by Crippen LogP contribution is 2.31. The van der Waals surface area contributed by atoms with Gasteiger partial charge < -0.3 is 14.6 Å². The quantitative estimate of drug-likeness (QED) is 0.915. The number of fused-ring (bicyclic) bond motifs is 1. The van der Waals surface area contributed by atoms with Gasteiger partial charge in [0.25, 0.3) is 0 Å². The van der Waals surface area contributed by atoms with Gasteiger partial charge in [0.15, 0.2) is 5.82 Å². The van der Waals surface area contributed by atoms with E-state index in [1.807, 2.05) is 32.9 Å². The van der Waals surface area contributed by atoms with Gasteiger partial charge in [0.1, 0.15) is 5.60 Å². The van der Waals surface area contributed by atoms with Crippen LogP contribution < -0.4 is 10.2 Å². The molecule has 3 rings (SSSR count). The van der Waals surface area contributed by atoms with Crippen molar-refractivity contribution in [2.24, 2.45) is 0 Å². The number of aryl methyl sites for hydroxylation is 2. The summed E-state index contributed by atoms with van der Waals surface area (Å²) in [5.41, 5.74) is 2.50. The summed E-state index contributed by atoms with van der Waals surface area (Å²) in [6.07, 6.45) is 1.55. The van der Waals surface area contributed by atoms with Crippen molar-refractivity contribution in [2.75, 3.05) is 16.8 Å². The Morgan fingerprint density at radius 3 is 2.88 bits per heavy atom. The van der Waals surface area contributed by atoms with E-state index >= 15 is 0 Å². The maximum atomic E-state index is 12.4. The standard InChI is InChI=1S/C18H24N4O3/c1-12-20-16(25-21-12)11-19-14-7-8-15-13(10-14)6-5-9-22(15)17(23)24-18(2,3)4/h7-8,10,19H,5-6,9,11H2,1-4H3. The topological polar surface area (TPSA) is 80.5 Å². The fourth-order valence-electron chi connectivity index (χ4n) is 2.80. The molecular weight excluding hydrogens is 320 g/mol. The van der Waals surface area contributed by atoms with Crippen molar-refractivity contribution in [1.82, 2.24) is 10.1 Å². The lowest BCUT2D eigenvalue weighted by molar-refractivity contribution is 0.0578. The van der Waals surface area contributed by atoms with Crippen LogP contribution in [0, 0.1) is 6.92 Å². The molecular formula is C18H24N4O3. The van der Waals surface area contributed by atoms with Crippen molar-refractivity contribution >= 4 is 17.5 Å². The molecule has 0 spiro atoms. The van der Waals surface area contributed by atoms with Gasteiger partial charge in [-0.2, -0.15) is 4.98 Å². The second kappa shape index (κ2) is 6.74. The normalized spacial score (nSPS) is 14.2. The lowest BCUT2D eigenvalue weighted by Gasteiger charge is -2.32. The number of aromatic nitrogens is 2. The van der Waals surface area contributed by atoms with E-state index in [-0.39, 0.29) is 6.09 Å². The van der Waals surface area contributed by atoms with Crippen molar-refractivity contribution in [3.63, 3.8) is 0 Å². The number of nitrogens with zero attached hydrogens (tertiary/aromatic N) is 3. The molecule has 0 fully saturated rings. The molecule has 2 aromatic rings. The fraction of sp³-hybridized carbons (Fsp3) is 0.500. The maximum absolute atomic E-state index is 12.4. The van der Waals surface area contributed by atoms with Gasteiger partial charge in [0.05, 0.1) is 12.2 Å². The van der Waals surface area contributed by atoms with Crippen LogP contribution >= 0.6 is 0 Å². The third kappa shape index (κ3) is 4.29. The number of carbonyl (C=O) groups excluding carboxylic acids is 1. The molecule has 1 N–H and O–H groups in total. The van der Waals surface area contributed by atoms with Crippen molar-refractivity contribution in [3.8, 4) is 0 Å². The van der Waals surface area contributed by atoms with Gasteiger partial charge in [0, 0.05) is 12.2 Å². The van der Waals surface area contributed by atoms with E-state index in [0.717, 1.165) is 29.8 Å². The van der Waals surface area contributed by atoms with Crippen LogP contribution in [0.3, 0.4) is 0 Å². The highest BCUT2D eigenvalue weighted by Gasteiger charge is 2.27. The number of anilines is 2. The molecule has 0 radical (unpaired) electrons. The molecule has 7 nitrogen and oxygen atoms in total. The molecule has 1 amide bonds. The zero-order valence-electron chi connectivity index (χ0n) is 15.1. The summed E-state index contributed by atoms with van der Waals surface area (Å²) in [5.74, 6) is 1.17. The van der Waals surface area contributed by atoms with Gasteiger partial charge in [-0.3, -0.25) is 4.90 Å². The first-order chi connectivity index (χ1) is 11.8. The minimum Gasteiger partial charge on any atom is -0.443 e. The van der Waals surface area contributed by atoms with Crippen LogP contribution in [-0.4, -0.2) is 28.4 Å². The number of carbonyl (C=O) groups is 1. The molecule has 2 heterocycles. The number of benzene rings is 1. The second-order valence-corrected chi connectivity index (χ2v) is 7.17. The van der Waals surface area contributed by atoms with Crippen LogP contribution in [0.1, 0.15) is 44.5 Å². The monoisotopic (exact) mass is 344 g/mol. The predicted molar refractivity (Wildman–Crippen MR) is 94.7 cm³/mol. The first-order valence-electron chi connectivity index (χ1n) is 8.48. The van der Waals surface area contributed by atoms with Crippen LogP contribution in [0.15, 0.2) is 22.7 Å². The number of nitrogens with one attached hydrogen (secondary N) is 1. The Morgan fingerprint density at radius 1 is 1.40 bits per heavy atom. The van der Waals surface area contributed by atoms with E-state index in [1.54, 1.807) is 11.8 Å². The molecule has 0 saturated carbocycles. The summed E-state index contributed by atoms with van der Waals surface area (Å²) in [4.78, 5) is 18.3. The molecule has 0 unspecified atom stereocenters. The third-order valence-corrected chi connectivity index (χ3v) is 3.83. The lowest BCUT2D eigenvalue weighted by atomic mass is 10.0. The van der Waals surface area contributed by atoms with E-state index in [2.05, 4.69) is 21.5 Å². The SMILES string of the molecule is Cc1noc(CNc2ccc3c(c2)CCCN3C(=O)OC(C)(C)C)n1. The van der Waals surface area contributed by atoms with E-state index in [9.17, 15) is 4.79 Å². The highest BCUT2D eigenvalue weighted by molar-refractivity contribution is 5.90. The number of hydrogen-bond acceptors (Lipinski definition) is 6. The Hall–Kier alpha value is -2.57. The molecule has 1 aromatic heterocycles. The molecule has 1 aromatic carbocycles. The summed E-state index contributed by atoms with van der Waals surface area (Å²) < 4.78 is 10.6. The molecule has 134 valence electrons. The Bertz CT molecular complexity index is 764. The second-order valence-electron chi connectivity index (χ2n) is 7.17. The molecule has 0 aliphatic carbocycles. The van der Waals surface area contributed by atoms with E-state index < -0.39 is 5.60 Å². The largest absolute Gasteiger partial charge is 0.443 e. The number of hydrogen-bond donors (Lipinski definition) is 1. The Labute approximate surface area is 147 Å². The van der Waals surface area contributed by atoms with E-state index in [0.29, 0.717) is 24.8 Å². The number of amides is 1. The van der Waals surface area contributed by atoms with Crippen LogP contribution in [0.2, 0.25) is 0 Å². The van der Waals surface area contributed by atoms with Crippen LogP contribution in [0.4, 0.5) is 16.2 Å². The Kier molecular flexibility index (Phi) is 4.65. The average molecular weight is 344 g/mol. The molecule has 1 aliphatic rings. The zero-order valence-corrected chi connectivity index (χ0v) is 15.1. The minimum atomic E-state index is -0.502. The maximum Gasteiger partial charge on any atom is 0.414 e. The van der Waals surface area contributed by atoms with Gasteiger partial charge in [-0.05, 0) is 64.3 Å². The van der Waals surface area contributed by atoms with Crippen molar-refractivity contribution in [3.05, 3.63) is 35.5 Å². The molecule has 7 heteroatoms. The summed E-state index contributed by atoms with van der Waals surface area (Å²) in [6.45, 7) is 8.56. The molecule has 1 aliphatic heterocycles. The predicted octanol–water partition coefficient (Wildman–Crippen LogP) is 3.68. The highest BCUT2D eigenvalue weighted by atomic mass is 16.6. The van der Waals surface area contributed by atoms with Gasteiger partial charge >= 0.3 is 6.09 Å². The molecule has 0 atom stereocenters. The fourth-order valence-corrected chi connectivity index (χ4v) is 2.80. The lowest BCUT2D eigenvalue weighted by Crippen LogP contribution is -2.39. The van der Waals surface area contributed by atoms with Gasteiger partial charge in [-0.15, -0.1) is 0 Å². The summed E-state index contributed by atoms with van der Waals surface area (Å²) in [7, 11) is 0. The van der Waals surface area contributed by atoms with Crippen LogP contribution in [0.25, 0.3) is 0 Å². The van der Waals surface area contributed by atoms with E-state index in [1.165, 1.54) is 0 Å². The van der Waals surface area contributed by atoms with Crippen molar-refractivity contribution < 1.29 is 14.1 Å². The van der Waals surface area contributed by atoms with Gasteiger partial charge in [-0.1, -0.05) is 5.16 Å². The molecule has 0 saturated heterocycles. The Morgan fingerprint density at radius 2 is 2.20 bits per heavy atom. The summed E-state index contributed by atoms with van der Waals surface area (Å²) in [6, 6.07) is 5.97. The minimum absolute atomic E-state index is 0.296. The zero-order chi connectivity index (χ0) is 18.0. The van der Waals surface area contributed by atoms with E-state index in [4.69, 9.17) is 9.26 Å². The van der Waals surface area contributed by atoms with Gasteiger partial charge in [0.2, 0.25) is 5.89 Å². The smallest absolute Gasteiger partial charge is 0.414 e. The summed E-state index contributed by atoms with van der Waals surface area (Å²) in [5, 5.41) is 7.05. The number of ether oxygens (including phenoxy) is 1. The molecule has 0 bridgehead atoms. The van der Waals surface area contributed by atoms with Crippen molar-refractivity contribution in [2.45, 2.75) is 52.7 Å². The van der Waals surface area contributed by atoms with Gasteiger partial charge in [-0.25, -0.2) is 4.79 Å². The molecule has 25 heavy (non-hydrogen) atoms. The first-order valence-corrected chi connectivity index (χ1v) is 8.48. The van der Waals surface area contributed by atoms with Crippen LogP contribution in [-0.2, 0) is 17.7 Å². The number of rotatable bonds is 3. The Balaban J connectivity index is 1.72.